The summed E-state index contributed by atoms with van der Waals surface area (Å²) < 4.78 is 0.686. The van der Waals surface area contributed by atoms with Gasteiger partial charge in [-0.2, -0.15) is 0 Å². The molecule has 10 heavy (non-hydrogen) atoms. The van der Waals surface area contributed by atoms with E-state index in [1.807, 2.05) is 42.3 Å². The van der Waals surface area contributed by atoms with E-state index in [4.69, 9.17) is 9.98 Å². The van der Waals surface area contributed by atoms with E-state index >= 15 is 0 Å². The second-order valence-electron chi connectivity index (χ2n) is 3.93. The summed E-state index contributed by atoms with van der Waals surface area (Å²) in [6.07, 6.45) is 0. The van der Waals surface area contributed by atoms with Gasteiger partial charge in [0.2, 0.25) is 0 Å². The molecule has 62 valence electrons. The summed E-state index contributed by atoms with van der Waals surface area (Å²) in [6, 6.07) is 0. The third kappa shape index (κ3) is 7.84. The zero-order chi connectivity index (χ0) is 8.41. The van der Waals surface area contributed by atoms with Crippen LogP contribution in [0.25, 0.3) is 0 Å². The van der Waals surface area contributed by atoms with Crippen LogP contribution in [-0.4, -0.2) is 51.6 Å². The van der Waals surface area contributed by atoms with Gasteiger partial charge in [0.1, 0.15) is 42.3 Å². The molecule has 0 saturated heterocycles. The van der Waals surface area contributed by atoms with Crippen LogP contribution < -0.4 is 0 Å². The molecule has 0 saturated carbocycles. The molecule has 0 aliphatic carbocycles. The van der Waals surface area contributed by atoms with Gasteiger partial charge in [-0.15, -0.1) is 9.29 Å². The molecule has 0 aromatic rings. The van der Waals surface area contributed by atoms with Crippen molar-refractivity contribution in [2.24, 2.45) is 0 Å². The van der Waals surface area contributed by atoms with Gasteiger partial charge in [-0.3, -0.25) is 0 Å². The standard InChI is InChI=1S/C6H18N2O2/c1-7(2,3)9-10-8(4,5)6/h1-6H3/q+2. The summed E-state index contributed by atoms with van der Waals surface area (Å²) in [5.41, 5.74) is 0. The van der Waals surface area contributed by atoms with E-state index in [-0.39, 0.29) is 0 Å². The first-order valence-electron chi connectivity index (χ1n) is 3.22. The monoisotopic (exact) mass is 150 g/mol. The Kier molecular flexibility index (Phi) is 2.79. The van der Waals surface area contributed by atoms with Crippen molar-refractivity contribution in [1.82, 2.24) is 0 Å². The number of quaternary nitrogens is 2. The summed E-state index contributed by atoms with van der Waals surface area (Å²) >= 11 is 0. The molecule has 0 aliphatic heterocycles. The van der Waals surface area contributed by atoms with Gasteiger partial charge in [0.05, 0.1) is 0 Å². The minimum absolute atomic E-state index is 0.343. The van der Waals surface area contributed by atoms with E-state index in [1.165, 1.54) is 0 Å². The van der Waals surface area contributed by atoms with E-state index in [2.05, 4.69) is 0 Å². The van der Waals surface area contributed by atoms with Crippen LogP contribution in [0.3, 0.4) is 0 Å². The molecule has 0 atom stereocenters. The SMILES string of the molecule is C[N+](C)(C)OO[N+](C)(C)C. The number of hydrogen-bond donors (Lipinski definition) is 0. The minimum atomic E-state index is 0.343. The van der Waals surface area contributed by atoms with Gasteiger partial charge in [-0.05, 0) is 0 Å². The van der Waals surface area contributed by atoms with Crippen LogP contribution in [0.5, 0.6) is 0 Å². The predicted molar refractivity (Wildman–Crippen MR) is 38.2 cm³/mol. The van der Waals surface area contributed by atoms with Crippen molar-refractivity contribution in [3.8, 4) is 0 Å². The highest BCUT2D eigenvalue weighted by molar-refractivity contribution is 3.78. The van der Waals surface area contributed by atoms with Crippen molar-refractivity contribution < 1.29 is 19.3 Å². The highest BCUT2D eigenvalue weighted by Gasteiger charge is 2.18. The third-order valence-electron chi connectivity index (χ3n) is 0.481. The number of nitrogens with zero attached hydrogens (tertiary/aromatic N) is 2. The highest BCUT2D eigenvalue weighted by atomic mass is 17.4. The maximum atomic E-state index is 5.00. The number of hydroxylamine groups is 6. The van der Waals surface area contributed by atoms with Gasteiger partial charge >= 0.3 is 0 Å². The van der Waals surface area contributed by atoms with E-state index in [9.17, 15) is 0 Å². The van der Waals surface area contributed by atoms with Gasteiger partial charge in [0, 0.05) is 9.98 Å². The molecule has 0 unspecified atom stereocenters. The normalized spacial score (nSPS) is 13.8. The molecule has 0 fully saturated rings. The fourth-order valence-corrected chi connectivity index (χ4v) is 0.200. The van der Waals surface area contributed by atoms with Crippen molar-refractivity contribution in [2.75, 3.05) is 42.3 Å². The number of rotatable bonds is 3. The van der Waals surface area contributed by atoms with Crippen LogP contribution in [0.2, 0.25) is 0 Å². The van der Waals surface area contributed by atoms with Crippen LogP contribution >= 0.6 is 0 Å². The lowest BCUT2D eigenvalue weighted by Gasteiger charge is -2.23. The molecule has 0 aliphatic rings. The quantitative estimate of drug-likeness (QED) is 0.324. The molecule has 4 nitrogen and oxygen atoms in total. The third-order valence-corrected chi connectivity index (χ3v) is 0.481. The van der Waals surface area contributed by atoms with E-state index in [1.54, 1.807) is 0 Å². The van der Waals surface area contributed by atoms with Crippen LogP contribution in [0, 0.1) is 0 Å². The first kappa shape index (κ1) is 9.84. The van der Waals surface area contributed by atoms with Gasteiger partial charge in [-0.25, -0.2) is 0 Å². The fraction of sp³-hybridized carbons (Fsp3) is 1.00. The molecule has 0 amide bonds. The molecule has 0 aromatic heterocycles. The summed E-state index contributed by atoms with van der Waals surface area (Å²) in [7, 11) is 11.3. The van der Waals surface area contributed by atoms with E-state index < -0.39 is 0 Å². The highest BCUT2D eigenvalue weighted by Crippen LogP contribution is 1.99. The largest absolute Gasteiger partial charge is 0.149 e. The van der Waals surface area contributed by atoms with Crippen molar-refractivity contribution in [3.05, 3.63) is 0 Å². The lowest BCUT2D eigenvalue weighted by molar-refractivity contribution is -1.24. The average Bonchev–Trinajstić information content (AvgIpc) is 1.57. The van der Waals surface area contributed by atoms with Gasteiger partial charge in [0.15, 0.2) is 0 Å². The number of hydrogen-bond acceptors (Lipinski definition) is 2. The molecular formula is C6H18N2O2+2. The molecule has 0 bridgehead atoms. The Bertz CT molecular complexity index is 87.3. The van der Waals surface area contributed by atoms with Crippen molar-refractivity contribution in [2.45, 2.75) is 0 Å². The van der Waals surface area contributed by atoms with Crippen LogP contribution in [-0.2, 0) is 9.98 Å². The molecule has 0 aromatic carbocycles. The minimum Gasteiger partial charge on any atom is -0.149 e. The Labute approximate surface area is 62.6 Å². The maximum Gasteiger partial charge on any atom is 0.101 e. The smallest absolute Gasteiger partial charge is 0.101 e. The Morgan fingerprint density at radius 2 is 0.800 bits per heavy atom. The van der Waals surface area contributed by atoms with Crippen LogP contribution in [0.15, 0.2) is 0 Å². The first-order valence-corrected chi connectivity index (χ1v) is 3.22. The maximum absolute atomic E-state index is 5.00. The summed E-state index contributed by atoms with van der Waals surface area (Å²) in [5.74, 6) is 0. The van der Waals surface area contributed by atoms with Crippen LogP contribution in [0.1, 0.15) is 0 Å². The summed E-state index contributed by atoms with van der Waals surface area (Å²) in [5, 5.41) is 0. The van der Waals surface area contributed by atoms with Crippen molar-refractivity contribution in [3.63, 3.8) is 0 Å². The molecule has 0 heterocycles. The second-order valence-corrected chi connectivity index (χ2v) is 3.93. The molecule has 0 N–H and O–H groups in total. The molecule has 0 radical (unpaired) electrons. The second kappa shape index (κ2) is 2.84. The zero-order valence-corrected chi connectivity index (χ0v) is 7.71. The van der Waals surface area contributed by atoms with Crippen molar-refractivity contribution >= 4 is 0 Å². The topological polar surface area (TPSA) is 18.5 Å². The first-order chi connectivity index (χ1) is 4.21. The fourth-order valence-electron chi connectivity index (χ4n) is 0.200. The molecule has 4 heteroatoms. The van der Waals surface area contributed by atoms with Gasteiger partial charge in [-0.1, -0.05) is 0 Å². The van der Waals surface area contributed by atoms with E-state index in [0.717, 1.165) is 0 Å². The molecule has 0 rings (SSSR count). The Morgan fingerprint density at radius 3 is 0.900 bits per heavy atom. The zero-order valence-electron chi connectivity index (χ0n) is 7.71. The molecule has 0 spiro atoms. The van der Waals surface area contributed by atoms with Gasteiger partial charge < -0.3 is 0 Å². The Balaban J connectivity index is 3.56. The predicted octanol–water partition coefficient (Wildman–Crippen LogP) is 0.177. The van der Waals surface area contributed by atoms with Crippen molar-refractivity contribution in [1.29, 1.82) is 0 Å². The lowest BCUT2D eigenvalue weighted by Crippen LogP contribution is -2.42. The Morgan fingerprint density at radius 1 is 0.600 bits per heavy atom. The summed E-state index contributed by atoms with van der Waals surface area (Å²) in [4.78, 5) is 10.0. The van der Waals surface area contributed by atoms with Gasteiger partial charge in [0.25, 0.3) is 0 Å². The molecular weight excluding hydrogens is 132 g/mol. The average molecular weight is 150 g/mol. The van der Waals surface area contributed by atoms with E-state index in [0.29, 0.717) is 9.29 Å². The summed E-state index contributed by atoms with van der Waals surface area (Å²) in [6.45, 7) is 0. The Hall–Kier alpha value is -0.160. The van der Waals surface area contributed by atoms with Crippen LogP contribution in [0.4, 0.5) is 0 Å². The lowest BCUT2D eigenvalue weighted by atomic mass is 10.9.